The minimum Gasteiger partial charge on any atom is -0.377 e. The van der Waals surface area contributed by atoms with E-state index in [0.29, 0.717) is 39.1 Å². The number of ether oxygens (including phenoxy) is 2. The summed E-state index contributed by atoms with van der Waals surface area (Å²) >= 11 is 0. The number of nitrogens with one attached hydrogen (secondary N) is 4. The third kappa shape index (κ3) is 12.0. The third-order valence-corrected chi connectivity index (χ3v) is 18.9. The number of carbonyl (C=O) groups excluding carboxylic acids is 6. The number of rotatable bonds is 26. The molecule has 0 radical (unpaired) electrons. The quantitative estimate of drug-likeness (QED) is 0.0570. The highest BCUT2D eigenvalue weighted by Crippen LogP contribution is 2.46. The highest BCUT2D eigenvalue weighted by Gasteiger charge is 2.60. The first-order valence-electron chi connectivity index (χ1n) is 29.9. The third-order valence-electron chi connectivity index (χ3n) is 18.9. The van der Waals surface area contributed by atoms with E-state index >= 15 is 0 Å². The summed E-state index contributed by atoms with van der Waals surface area (Å²) in [7, 11) is 3.37. The second-order valence-electron chi connectivity index (χ2n) is 23.2. The van der Waals surface area contributed by atoms with Crippen LogP contribution in [0.1, 0.15) is 151 Å². The van der Waals surface area contributed by atoms with Crippen molar-refractivity contribution < 1.29 is 38.2 Å². The molecule has 78 heavy (non-hydrogen) atoms. The molecule has 4 N–H and O–H groups in total. The lowest BCUT2D eigenvalue weighted by Crippen LogP contribution is -2.73. The van der Waals surface area contributed by atoms with E-state index in [1.54, 1.807) is 27.9 Å². The molecule has 3 aliphatic heterocycles. The number of fused-ring (bicyclic) bond motifs is 2. The summed E-state index contributed by atoms with van der Waals surface area (Å²) in [4.78, 5) is 92.5. The fourth-order valence-corrected chi connectivity index (χ4v) is 14.3. The van der Waals surface area contributed by atoms with Crippen molar-refractivity contribution in [1.29, 1.82) is 0 Å². The first-order valence-corrected chi connectivity index (χ1v) is 29.9. The Kier molecular flexibility index (Phi) is 19.9. The summed E-state index contributed by atoms with van der Waals surface area (Å²) in [6.45, 7) is 10.9. The van der Waals surface area contributed by atoms with E-state index in [-0.39, 0.29) is 72.6 Å². The molecule has 0 unspecified atom stereocenters. The molecule has 2 aromatic rings. The molecule has 4 aliphatic carbocycles. The fourth-order valence-electron chi connectivity index (χ4n) is 14.3. The van der Waals surface area contributed by atoms with E-state index in [0.717, 1.165) is 153 Å². The van der Waals surface area contributed by atoms with Crippen LogP contribution >= 0.6 is 0 Å². The fraction of sp³-hybridized carbons (Fsp3) is 0.700. The number of aldehydes is 2. The Morgan fingerprint density at radius 3 is 1.33 bits per heavy atom. The van der Waals surface area contributed by atoms with E-state index in [2.05, 4.69) is 67.7 Å². The summed E-state index contributed by atoms with van der Waals surface area (Å²) < 4.78 is 13.3. The van der Waals surface area contributed by atoms with Gasteiger partial charge < -0.3 is 29.9 Å². The van der Waals surface area contributed by atoms with E-state index < -0.39 is 23.4 Å². The van der Waals surface area contributed by atoms with Crippen LogP contribution in [0.25, 0.3) is 0 Å². The normalized spacial score (nSPS) is 26.8. The molecule has 0 spiro atoms. The lowest BCUT2D eigenvalue weighted by atomic mass is 9.74. The van der Waals surface area contributed by atoms with Gasteiger partial charge in [-0.15, -0.1) is 0 Å². The molecule has 5 fully saturated rings. The van der Waals surface area contributed by atoms with Crippen molar-refractivity contribution in [2.45, 2.75) is 177 Å². The van der Waals surface area contributed by atoms with Crippen molar-refractivity contribution in [2.24, 2.45) is 11.8 Å². The smallest absolute Gasteiger partial charge is 0.238 e. The Balaban J connectivity index is 0.768. The van der Waals surface area contributed by atoms with Crippen molar-refractivity contribution in [2.75, 3.05) is 79.7 Å². The van der Waals surface area contributed by atoms with Crippen LogP contribution in [0.15, 0.2) is 48.5 Å². The van der Waals surface area contributed by atoms with Crippen molar-refractivity contribution in [3.05, 3.63) is 70.8 Å². The minimum absolute atomic E-state index is 0.106. The first-order chi connectivity index (χ1) is 38.0. The molecule has 428 valence electrons. The number of carbonyl (C=O) groups is 6. The molecule has 7 aliphatic rings. The number of hydrazine groups is 2. The summed E-state index contributed by atoms with van der Waals surface area (Å²) in [6, 6.07) is 15.1. The monoisotopic (exact) mass is 1080 g/mol. The van der Waals surface area contributed by atoms with Gasteiger partial charge >= 0.3 is 0 Å². The van der Waals surface area contributed by atoms with Gasteiger partial charge in [-0.3, -0.25) is 48.6 Å². The average molecular weight is 1080 g/mol. The number of amides is 4. The molecular formula is C60H90N10O8. The van der Waals surface area contributed by atoms with Gasteiger partial charge in [0.2, 0.25) is 23.6 Å². The largest absolute Gasteiger partial charge is 0.377 e. The standard InChI is InChI=1S/C60H90N10O8/c1-5-55(73)69(61-3)59(41-71,45-21-13-22-45)67-39-47(37-53(67)57(75)63-51-27-11-19-43-17-7-9-25-49(43)51)77-35-15-29-65-31-33-66(34-32-65)30-16-36-78-48-38-54(58(76)64-52-28-12-20-44-18-8-10-26-50(44)52)68(40-48)60(42-72,46-23-14-24-46)70(62-4)56(74)6-2/h7-10,17-18,25-26,41-42,45-48,51-54,61-62H,5-6,11-16,19-24,27-40H2,1-4H3,(H,63,75)(H,64,76)/t47-,48-,51+,52+,53-,54-,59+,60+/m0/s1. The second-order valence-corrected chi connectivity index (χ2v) is 23.2. The average Bonchev–Trinajstić information content (AvgIpc) is 4.27. The number of likely N-dealkylation sites (tertiary alicyclic amines) is 2. The lowest BCUT2D eigenvalue weighted by molar-refractivity contribution is -0.179. The Morgan fingerprint density at radius 1 is 0.590 bits per heavy atom. The zero-order chi connectivity index (χ0) is 54.8. The Labute approximate surface area is 463 Å². The zero-order valence-corrected chi connectivity index (χ0v) is 47.1. The van der Waals surface area contributed by atoms with E-state index in [1.165, 1.54) is 21.1 Å². The maximum atomic E-state index is 14.6. The van der Waals surface area contributed by atoms with Crippen LogP contribution in [0.3, 0.4) is 0 Å². The summed E-state index contributed by atoms with van der Waals surface area (Å²) in [5, 5.41) is 9.79. The molecule has 18 nitrogen and oxygen atoms in total. The molecule has 2 saturated carbocycles. The van der Waals surface area contributed by atoms with Gasteiger partial charge in [0.05, 0.1) is 36.4 Å². The van der Waals surface area contributed by atoms with Gasteiger partial charge in [0.25, 0.3) is 0 Å². The van der Waals surface area contributed by atoms with Gasteiger partial charge in [-0.2, -0.15) is 0 Å². The number of nitrogens with zero attached hydrogens (tertiary/aromatic N) is 6. The van der Waals surface area contributed by atoms with E-state index in [1.807, 2.05) is 21.9 Å². The second kappa shape index (κ2) is 26.7. The molecule has 4 amide bonds. The van der Waals surface area contributed by atoms with Crippen LogP contribution in [0.2, 0.25) is 0 Å². The number of benzene rings is 2. The van der Waals surface area contributed by atoms with Crippen LogP contribution in [0, 0.1) is 11.8 Å². The molecule has 8 atom stereocenters. The lowest BCUT2D eigenvalue weighted by Gasteiger charge is -2.53. The van der Waals surface area contributed by atoms with Crippen LogP contribution in [-0.4, -0.2) is 181 Å². The van der Waals surface area contributed by atoms with Crippen LogP contribution in [0.5, 0.6) is 0 Å². The summed E-state index contributed by atoms with van der Waals surface area (Å²) in [5.41, 5.74) is 8.36. The van der Waals surface area contributed by atoms with Crippen LogP contribution < -0.4 is 21.5 Å². The Morgan fingerprint density at radius 2 is 0.987 bits per heavy atom. The Hall–Kier alpha value is -4.66. The van der Waals surface area contributed by atoms with Crippen LogP contribution in [-0.2, 0) is 51.1 Å². The summed E-state index contributed by atoms with van der Waals surface area (Å²) in [6.07, 6.45) is 15.0. The van der Waals surface area contributed by atoms with Gasteiger partial charge in [-0.25, -0.2) is 10.9 Å². The number of piperazine rings is 1. The number of hydrogen-bond donors (Lipinski definition) is 4. The topological polar surface area (TPSA) is 188 Å². The van der Waals surface area contributed by atoms with Crippen molar-refractivity contribution in [3.8, 4) is 0 Å². The van der Waals surface area contributed by atoms with Crippen LogP contribution in [0.4, 0.5) is 0 Å². The van der Waals surface area contributed by atoms with Crippen molar-refractivity contribution >= 4 is 36.2 Å². The molecule has 9 rings (SSSR count). The zero-order valence-electron chi connectivity index (χ0n) is 47.1. The van der Waals surface area contributed by atoms with Gasteiger partial charge in [0, 0.05) is 104 Å². The van der Waals surface area contributed by atoms with E-state index in [4.69, 9.17) is 9.47 Å². The maximum Gasteiger partial charge on any atom is 0.238 e. The predicted molar refractivity (Wildman–Crippen MR) is 297 cm³/mol. The SMILES string of the molecule is CCC(=O)N(NC)[C@](C=O)(C1CCC1)N1C[C@@H](OCCCN2CCN(CCCO[C@H]3C[C@@H](C(=O)N[C@@H]4CCCc5ccccc54)N([C@@](C=O)(C4CCC4)N(NC)C(=O)CC)C3)CC2)C[C@H]1C(=O)N[C@@H]1CCCc2ccccc21. The van der Waals surface area contributed by atoms with Crippen molar-refractivity contribution in [3.63, 3.8) is 0 Å². The molecular weight excluding hydrogens is 989 g/mol. The van der Waals surface area contributed by atoms with Gasteiger partial charge in [0.1, 0.15) is 0 Å². The number of hydrogen-bond acceptors (Lipinski definition) is 14. The minimum atomic E-state index is -1.32. The highest BCUT2D eigenvalue weighted by atomic mass is 16.5. The number of aryl methyl sites for hydroxylation is 2. The Bertz CT molecular complexity index is 2220. The predicted octanol–water partition coefficient (Wildman–Crippen LogP) is 4.83. The maximum absolute atomic E-state index is 14.6. The van der Waals surface area contributed by atoms with Gasteiger partial charge in [0.15, 0.2) is 23.9 Å². The highest BCUT2D eigenvalue weighted by molar-refractivity contribution is 5.87. The molecule has 3 heterocycles. The molecule has 2 aromatic carbocycles. The van der Waals surface area contributed by atoms with Crippen molar-refractivity contribution in [1.82, 2.24) is 51.1 Å². The molecule has 0 bridgehead atoms. The summed E-state index contributed by atoms with van der Waals surface area (Å²) in [5.74, 6) is -0.832. The van der Waals surface area contributed by atoms with Gasteiger partial charge in [-0.1, -0.05) is 75.2 Å². The first kappa shape index (κ1) is 58.0. The molecule has 18 heteroatoms. The van der Waals surface area contributed by atoms with E-state index in [9.17, 15) is 28.8 Å². The molecule has 0 aromatic heterocycles. The van der Waals surface area contributed by atoms with Gasteiger partial charge in [-0.05, 0) is 112 Å². The molecule has 3 saturated heterocycles.